The summed E-state index contributed by atoms with van der Waals surface area (Å²) in [6.45, 7) is 9.33. The van der Waals surface area contributed by atoms with Crippen LogP contribution < -0.4 is 5.32 Å². The van der Waals surface area contributed by atoms with E-state index in [1.807, 2.05) is 6.92 Å². The average molecular weight is 201 g/mol. The van der Waals surface area contributed by atoms with Gasteiger partial charge in [-0.15, -0.1) is 0 Å². The first-order valence-electron chi connectivity index (χ1n) is 5.44. The molecule has 1 heterocycles. The van der Waals surface area contributed by atoms with Crippen molar-refractivity contribution in [1.29, 1.82) is 0 Å². The molecule has 1 aliphatic rings. The Morgan fingerprint density at radius 2 is 2.14 bits per heavy atom. The van der Waals surface area contributed by atoms with Crippen molar-refractivity contribution in [3.05, 3.63) is 0 Å². The van der Waals surface area contributed by atoms with Crippen LogP contribution in [0.4, 0.5) is 0 Å². The minimum absolute atomic E-state index is 0.0722. The van der Waals surface area contributed by atoms with E-state index >= 15 is 0 Å². The van der Waals surface area contributed by atoms with Crippen LogP contribution in [0.25, 0.3) is 0 Å². The van der Waals surface area contributed by atoms with Crippen LogP contribution in [0.3, 0.4) is 0 Å². The highest BCUT2D eigenvalue weighted by molar-refractivity contribution is 5.00. The van der Waals surface area contributed by atoms with Crippen LogP contribution in [0.1, 0.15) is 40.5 Å². The van der Waals surface area contributed by atoms with E-state index < -0.39 is 5.79 Å². The molecule has 1 fully saturated rings. The third kappa shape index (κ3) is 1.95. The van der Waals surface area contributed by atoms with Crippen LogP contribution in [0.15, 0.2) is 0 Å². The molecule has 0 radical (unpaired) electrons. The fraction of sp³-hybridized carbons (Fsp3) is 1.00. The van der Waals surface area contributed by atoms with E-state index in [0.717, 1.165) is 19.4 Å². The molecule has 0 aromatic heterocycles. The van der Waals surface area contributed by atoms with Crippen molar-refractivity contribution in [2.24, 2.45) is 0 Å². The Bertz CT molecular complexity index is 198. The molecule has 0 spiro atoms. The molecule has 84 valence electrons. The minimum Gasteiger partial charge on any atom is -0.352 e. The number of rotatable bonds is 4. The van der Waals surface area contributed by atoms with Crippen molar-refractivity contribution in [3.8, 4) is 0 Å². The molecule has 14 heavy (non-hydrogen) atoms. The summed E-state index contributed by atoms with van der Waals surface area (Å²) in [6.07, 6.45) is 2.12. The molecule has 0 bridgehead atoms. The molecule has 1 unspecified atom stereocenters. The van der Waals surface area contributed by atoms with Gasteiger partial charge in [0.25, 0.3) is 0 Å². The zero-order chi connectivity index (χ0) is 10.8. The highest BCUT2D eigenvalue weighted by Gasteiger charge is 2.50. The molecular formula is C11H23NO2. The second-order valence-electron chi connectivity index (χ2n) is 4.53. The highest BCUT2D eigenvalue weighted by atomic mass is 16.7. The van der Waals surface area contributed by atoms with Gasteiger partial charge in [-0.05, 0) is 33.6 Å². The lowest BCUT2D eigenvalue weighted by Crippen LogP contribution is -2.59. The molecule has 0 saturated carbocycles. The zero-order valence-electron chi connectivity index (χ0n) is 10.0. The maximum atomic E-state index is 5.67. The predicted octanol–water partition coefficient (Wildman–Crippen LogP) is 1.92. The van der Waals surface area contributed by atoms with Gasteiger partial charge in [0.2, 0.25) is 0 Å². The van der Waals surface area contributed by atoms with Gasteiger partial charge in [-0.1, -0.05) is 6.92 Å². The van der Waals surface area contributed by atoms with E-state index in [-0.39, 0.29) is 5.54 Å². The highest BCUT2D eigenvalue weighted by Crippen LogP contribution is 2.36. The molecule has 1 N–H and O–H groups in total. The van der Waals surface area contributed by atoms with Crippen molar-refractivity contribution < 1.29 is 9.47 Å². The first-order chi connectivity index (χ1) is 6.47. The van der Waals surface area contributed by atoms with Gasteiger partial charge in [0.1, 0.15) is 0 Å². The normalized spacial score (nSPS) is 40.1. The van der Waals surface area contributed by atoms with Gasteiger partial charge >= 0.3 is 0 Å². The second kappa shape index (κ2) is 4.17. The Morgan fingerprint density at radius 3 is 2.64 bits per heavy atom. The fourth-order valence-electron chi connectivity index (χ4n) is 1.97. The topological polar surface area (TPSA) is 30.5 Å². The first-order valence-corrected chi connectivity index (χ1v) is 5.44. The van der Waals surface area contributed by atoms with Crippen molar-refractivity contribution in [1.82, 2.24) is 5.32 Å². The largest absolute Gasteiger partial charge is 0.352 e. The molecule has 3 nitrogen and oxygen atoms in total. The van der Waals surface area contributed by atoms with Gasteiger partial charge in [-0.2, -0.15) is 0 Å². The first kappa shape index (κ1) is 12.0. The molecule has 3 heteroatoms. The molecule has 0 aromatic rings. The third-order valence-electron chi connectivity index (χ3n) is 3.55. The summed E-state index contributed by atoms with van der Waals surface area (Å²) >= 11 is 0. The molecular weight excluding hydrogens is 178 g/mol. The quantitative estimate of drug-likeness (QED) is 0.753. The summed E-state index contributed by atoms with van der Waals surface area (Å²) in [5.74, 6) is -0.490. The molecule has 1 saturated heterocycles. The minimum atomic E-state index is -0.490. The number of hydrogen-bond donors (Lipinski definition) is 1. The third-order valence-corrected chi connectivity index (χ3v) is 3.55. The smallest absolute Gasteiger partial charge is 0.183 e. The van der Waals surface area contributed by atoms with Gasteiger partial charge in [0.15, 0.2) is 5.79 Å². The number of nitrogens with one attached hydrogen (secondary N) is 1. The summed E-state index contributed by atoms with van der Waals surface area (Å²) in [7, 11) is 1.71. The van der Waals surface area contributed by atoms with E-state index in [1.165, 1.54) is 0 Å². The van der Waals surface area contributed by atoms with Crippen LogP contribution in [0.2, 0.25) is 0 Å². The van der Waals surface area contributed by atoms with Crippen LogP contribution in [0.5, 0.6) is 0 Å². The molecule has 1 aliphatic heterocycles. The van der Waals surface area contributed by atoms with Gasteiger partial charge in [-0.3, -0.25) is 0 Å². The summed E-state index contributed by atoms with van der Waals surface area (Å²) in [5, 5.41) is 3.60. The van der Waals surface area contributed by atoms with Crippen LogP contribution in [-0.2, 0) is 9.47 Å². The Morgan fingerprint density at radius 1 is 1.50 bits per heavy atom. The monoisotopic (exact) mass is 201 g/mol. The summed E-state index contributed by atoms with van der Waals surface area (Å²) in [6, 6.07) is 0.496. The van der Waals surface area contributed by atoms with E-state index in [1.54, 1.807) is 7.11 Å². The second-order valence-corrected chi connectivity index (χ2v) is 4.53. The van der Waals surface area contributed by atoms with Crippen LogP contribution >= 0.6 is 0 Å². The lowest BCUT2D eigenvalue weighted by atomic mass is 9.90. The number of hydrogen-bond acceptors (Lipinski definition) is 3. The molecule has 3 atom stereocenters. The maximum Gasteiger partial charge on any atom is 0.183 e. The Labute approximate surface area is 87.2 Å². The summed E-state index contributed by atoms with van der Waals surface area (Å²) in [4.78, 5) is 0. The van der Waals surface area contributed by atoms with Crippen molar-refractivity contribution in [2.75, 3.05) is 13.7 Å². The summed E-state index contributed by atoms with van der Waals surface area (Å²) < 4.78 is 11.1. The molecule has 0 aromatic carbocycles. The Balaban J connectivity index is 2.71. The molecule has 0 aliphatic carbocycles. The number of ether oxygens (including phenoxy) is 2. The maximum absolute atomic E-state index is 5.67. The van der Waals surface area contributed by atoms with Crippen molar-refractivity contribution in [2.45, 2.75) is 57.9 Å². The van der Waals surface area contributed by atoms with E-state index in [9.17, 15) is 0 Å². The van der Waals surface area contributed by atoms with Gasteiger partial charge in [0.05, 0.1) is 12.1 Å². The Kier molecular flexibility index (Phi) is 3.56. The SMILES string of the molecule is CCC(C)N[C@]1(C)CCO[C@]1(C)OC. The average Bonchev–Trinajstić information content (AvgIpc) is 2.44. The van der Waals surface area contributed by atoms with Crippen LogP contribution in [-0.4, -0.2) is 31.1 Å². The van der Waals surface area contributed by atoms with Crippen molar-refractivity contribution in [3.63, 3.8) is 0 Å². The lowest BCUT2D eigenvalue weighted by Gasteiger charge is -2.40. The van der Waals surface area contributed by atoms with Gasteiger partial charge in [0, 0.05) is 13.2 Å². The molecule has 1 rings (SSSR count). The standard InChI is InChI=1S/C11H23NO2/c1-6-9(2)12-10(3)7-8-14-11(10,4)13-5/h9,12H,6-8H2,1-5H3/t9?,10-,11+/m1/s1. The lowest BCUT2D eigenvalue weighted by molar-refractivity contribution is -0.212. The van der Waals surface area contributed by atoms with Gasteiger partial charge in [-0.25, -0.2) is 0 Å². The van der Waals surface area contributed by atoms with E-state index in [4.69, 9.17) is 9.47 Å². The van der Waals surface area contributed by atoms with E-state index in [2.05, 4.69) is 26.1 Å². The fourth-order valence-corrected chi connectivity index (χ4v) is 1.97. The summed E-state index contributed by atoms with van der Waals surface area (Å²) in [5.41, 5.74) is -0.0722. The van der Waals surface area contributed by atoms with Crippen molar-refractivity contribution >= 4 is 0 Å². The zero-order valence-corrected chi connectivity index (χ0v) is 10.0. The number of methoxy groups -OCH3 is 1. The Hall–Kier alpha value is -0.120. The van der Waals surface area contributed by atoms with Gasteiger partial charge < -0.3 is 14.8 Å². The molecule has 0 amide bonds. The van der Waals surface area contributed by atoms with Crippen LogP contribution in [0, 0.1) is 0 Å². The predicted molar refractivity (Wildman–Crippen MR) is 57.3 cm³/mol. The van der Waals surface area contributed by atoms with E-state index in [0.29, 0.717) is 6.04 Å².